The standard InChI is InChI=1S/C11H16ClF3N2S/c1-2-4-17(8-11(13,14)15)5-3-10-16-9(6-12)7-18-10/h7H,2-6,8H2,1H3. The van der Waals surface area contributed by atoms with E-state index in [1.165, 1.54) is 16.2 Å². The summed E-state index contributed by atoms with van der Waals surface area (Å²) in [6.07, 6.45) is -2.89. The first-order valence-electron chi connectivity index (χ1n) is 5.73. The Kier molecular flexibility index (Phi) is 6.38. The molecule has 0 amide bonds. The Labute approximate surface area is 114 Å². The lowest BCUT2D eigenvalue weighted by Crippen LogP contribution is -2.36. The van der Waals surface area contributed by atoms with E-state index in [0.717, 1.165) is 10.7 Å². The van der Waals surface area contributed by atoms with E-state index in [1.54, 1.807) is 0 Å². The largest absolute Gasteiger partial charge is 0.401 e. The van der Waals surface area contributed by atoms with E-state index in [0.29, 0.717) is 31.8 Å². The van der Waals surface area contributed by atoms with Gasteiger partial charge in [0.2, 0.25) is 0 Å². The van der Waals surface area contributed by atoms with Crippen LogP contribution in [-0.4, -0.2) is 35.7 Å². The first-order valence-corrected chi connectivity index (χ1v) is 7.14. The average Bonchev–Trinajstić information content (AvgIpc) is 2.72. The van der Waals surface area contributed by atoms with Crippen molar-refractivity contribution in [1.82, 2.24) is 9.88 Å². The molecule has 0 spiro atoms. The molecule has 0 N–H and O–H groups in total. The highest BCUT2D eigenvalue weighted by Gasteiger charge is 2.30. The van der Waals surface area contributed by atoms with Gasteiger partial charge in [-0.2, -0.15) is 13.2 Å². The molecular formula is C11H16ClF3N2S. The van der Waals surface area contributed by atoms with Crippen molar-refractivity contribution in [3.8, 4) is 0 Å². The third-order valence-corrected chi connectivity index (χ3v) is 3.55. The molecule has 0 fully saturated rings. The fourth-order valence-electron chi connectivity index (χ4n) is 1.62. The lowest BCUT2D eigenvalue weighted by molar-refractivity contribution is -0.145. The number of aromatic nitrogens is 1. The van der Waals surface area contributed by atoms with E-state index in [-0.39, 0.29) is 0 Å². The molecule has 0 aliphatic rings. The summed E-state index contributed by atoms with van der Waals surface area (Å²) >= 11 is 7.07. The quantitative estimate of drug-likeness (QED) is 0.714. The second kappa shape index (κ2) is 7.31. The molecular weight excluding hydrogens is 285 g/mol. The van der Waals surface area contributed by atoms with Crippen molar-refractivity contribution in [3.63, 3.8) is 0 Å². The number of hydrogen-bond acceptors (Lipinski definition) is 3. The van der Waals surface area contributed by atoms with Crippen molar-refractivity contribution in [2.24, 2.45) is 0 Å². The molecule has 1 rings (SSSR count). The van der Waals surface area contributed by atoms with Crippen LogP contribution in [0.4, 0.5) is 13.2 Å². The first-order chi connectivity index (χ1) is 8.44. The van der Waals surface area contributed by atoms with E-state index in [2.05, 4.69) is 4.98 Å². The first kappa shape index (κ1) is 15.7. The summed E-state index contributed by atoms with van der Waals surface area (Å²) in [4.78, 5) is 5.65. The van der Waals surface area contributed by atoms with Crippen LogP contribution in [0.1, 0.15) is 24.0 Å². The molecule has 18 heavy (non-hydrogen) atoms. The smallest absolute Gasteiger partial charge is 0.295 e. The van der Waals surface area contributed by atoms with Gasteiger partial charge in [0, 0.05) is 18.3 Å². The summed E-state index contributed by atoms with van der Waals surface area (Å²) < 4.78 is 37.0. The van der Waals surface area contributed by atoms with Crippen LogP contribution in [0.2, 0.25) is 0 Å². The molecule has 1 aromatic rings. The van der Waals surface area contributed by atoms with Crippen LogP contribution in [0.15, 0.2) is 5.38 Å². The molecule has 104 valence electrons. The van der Waals surface area contributed by atoms with E-state index < -0.39 is 12.7 Å². The van der Waals surface area contributed by atoms with Crippen LogP contribution >= 0.6 is 22.9 Å². The van der Waals surface area contributed by atoms with Crippen molar-refractivity contribution in [2.45, 2.75) is 31.8 Å². The molecule has 0 aliphatic carbocycles. The van der Waals surface area contributed by atoms with Gasteiger partial charge in [0.15, 0.2) is 0 Å². The van der Waals surface area contributed by atoms with Crippen LogP contribution < -0.4 is 0 Å². The molecule has 0 unspecified atom stereocenters. The van der Waals surface area contributed by atoms with Crippen LogP contribution in [-0.2, 0) is 12.3 Å². The second-order valence-electron chi connectivity index (χ2n) is 4.01. The zero-order chi connectivity index (χ0) is 13.6. The van der Waals surface area contributed by atoms with Gasteiger partial charge in [0.05, 0.1) is 23.1 Å². The van der Waals surface area contributed by atoms with E-state index in [1.807, 2.05) is 12.3 Å². The topological polar surface area (TPSA) is 16.1 Å². The van der Waals surface area contributed by atoms with Gasteiger partial charge < -0.3 is 0 Å². The zero-order valence-corrected chi connectivity index (χ0v) is 11.7. The zero-order valence-electron chi connectivity index (χ0n) is 10.1. The van der Waals surface area contributed by atoms with Crippen LogP contribution in [0, 0.1) is 0 Å². The van der Waals surface area contributed by atoms with Gasteiger partial charge in [-0.05, 0) is 13.0 Å². The lowest BCUT2D eigenvalue weighted by Gasteiger charge is -2.22. The lowest BCUT2D eigenvalue weighted by atomic mass is 10.3. The van der Waals surface area contributed by atoms with E-state index in [4.69, 9.17) is 11.6 Å². The summed E-state index contributed by atoms with van der Waals surface area (Å²) in [5, 5.41) is 2.69. The Morgan fingerprint density at radius 2 is 2.11 bits per heavy atom. The molecule has 0 atom stereocenters. The fraction of sp³-hybridized carbons (Fsp3) is 0.727. The van der Waals surface area contributed by atoms with E-state index in [9.17, 15) is 13.2 Å². The molecule has 0 radical (unpaired) electrons. The Morgan fingerprint density at radius 1 is 1.39 bits per heavy atom. The summed E-state index contributed by atoms with van der Waals surface area (Å²) in [5.74, 6) is 0.345. The van der Waals surface area contributed by atoms with Crippen molar-refractivity contribution >= 4 is 22.9 Å². The van der Waals surface area contributed by atoms with E-state index >= 15 is 0 Å². The van der Waals surface area contributed by atoms with Gasteiger partial charge in [-0.25, -0.2) is 4.98 Å². The van der Waals surface area contributed by atoms with Gasteiger partial charge in [-0.1, -0.05) is 6.92 Å². The van der Waals surface area contributed by atoms with Gasteiger partial charge in [-0.15, -0.1) is 22.9 Å². The minimum atomic E-state index is -4.14. The Balaban J connectivity index is 2.46. The molecule has 1 aromatic heterocycles. The molecule has 0 saturated carbocycles. The monoisotopic (exact) mass is 300 g/mol. The van der Waals surface area contributed by atoms with Crippen molar-refractivity contribution in [2.75, 3.05) is 19.6 Å². The number of alkyl halides is 4. The SMILES string of the molecule is CCCN(CCc1nc(CCl)cs1)CC(F)(F)F. The highest BCUT2D eigenvalue weighted by atomic mass is 35.5. The molecule has 1 heterocycles. The summed E-state index contributed by atoms with van der Waals surface area (Å²) in [5.41, 5.74) is 0.787. The second-order valence-corrected chi connectivity index (χ2v) is 5.22. The molecule has 0 aromatic carbocycles. The van der Waals surface area contributed by atoms with Gasteiger partial charge in [-0.3, -0.25) is 4.90 Å². The normalized spacial score (nSPS) is 12.3. The Bertz CT molecular complexity index is 354. The van der Waals surface area contributed by atoms with Crippen LogP contribution in [0.25, 0.3) is 0 Å². The predicted molar refractivity (Wildman–Crippen MR) is 68.2 cm³/mol. The van der Waals surface area contributed by atoms with Gasteiger partial charge in [0.1, 0.15) is 0 Å². The maximum atomic E-state index is 12.3. The van der Waals surface area contributed by atoms with Gasteiger partial charge >= 0.3 is 6.18 Å². The molecule has 7 heteroatoms. The van der Waals surface area contributed by atoms with Crippen molar-refractivity contribution < 1.29 is 13.2 Å². The maximum absolute atomic E-state index is 12.3. The Morgan fingerprint density at radius 3 is 2.61 bits per heavy atom. The van der Waals surface area contributed by atoms with Crippen molar-refractivity contribution in [3.05, 3.63) is 16.1 Å². The third-order valence-electron chi connectivity index (χ3n) is 2.32. The summed E-state index contributed by atoms with van der Waals surface area (Å²) in [7, 11) is 0. The number of thiazole rings is 1. The average molecular weight is 301 g/mol. The number of rotatable bonds is 7. The van der Waals surface area contributed by atoms with Crippen LogP contribution in [0.3, 0.4) is 0 Å². The number of nitrogens with zero attached hydrogens (tertiary/aromatic N) is 2. The van der Waals surface area contributed by atoms with Gasteiger partial charge in [0.25, 0.3) is 0 Å². The summed E-state index contributed by atoms with van der Waals surface area (Å²) in [6.45, 7) is 1.85. The molecule has 2 nitrogen and oxygen atoms in total. The molecule has 0 bridgehead atoms. The van der Waals surface area contributed by atoms with Crippen molar-refractivity contribution in [1.29, 1.82) is 0 Å². The predicted octanol–water partition coefficient (Wildman–Crippen LogP) is 3.70. The number of halogens is 4. The fourth-order valence-corrected chi connectivity index (χ4v) is 2.63. The minimum Gasteiger partial charge on any atom is -0.295 e. The minimum absolute atomic E-state index is 0.345. The van der Waals surface area contributed by atoms with Crippen LogP contribution in [0.5, 0.6) is 0 Å². The molecule has 0 saturated heterocycles. The highest BCUT2D eigenvalue weighted by Crippen LogP contribution is 2.18. The summed E-state index contributed by atoms with van der Waals surface area (Å²) in [6, 6.07) is 0. The Hall–Kier alpha value is -0.330. The third kappa shape index (κ3) is 6.02. The highest BCUT2D eigenvalue weighted by molar-refractivity contribution is 7.09. The maximum Gasteiger partial charge on any atom is 0.401 e. The molecule has 0 aliphatic heterocycles. The number of hydrogen-bond donors (Lipinski definition) is 0.